The van der Waals surface area contributed by atoms with Gasteiger partial charge in [-0.3, -0.25) is 14.7 Å². The highest BCUT2D eigenvalue weighted by Gasteiger charge is 2.45. The number of hydrogen-bond acceptors (Lipinski definition) is 6. The third-order valence-electron chi connectivity index (χ3n) is 8.58. The number of hydrogen-bond donors (Lipinski definition) is 2. The van der Waals surface area contributed by atoms with Gasteiger partial charge in [0, 0.05) is 29.2 Å². The standard InChI is InChI=1S/C31H35N5O4/c1-39-25-14-7-6-13-24(25)30(15-10-16-30)21-32-28(38)31(17-8-3-9-18-31)40-20-23-19-26(37)36-29(33-23)34-27(35-36)22-11-4-2-5-12-22/h2,4-7,11-14,19H,3,8-10,15-18,20-21H2,1H3,(H,32,38)(H,33,34,35). The number of nitrogens with zero attached hydrogens (tertiary/aromatic N) is 3. The molecule has 0 spiro atoms. The molecule has 0 radical (unpaired) electrons. The van der Waals surface area contributed by atoms with Crippen molar-refractivity contribution < 1.29 is 14.3 Å². The minimum atomic E-state index is -0.947. The van der Waals surface area contributed by atoms with Crippen LogP contribution in [-0.2, 0) is 21.6 Å². The van der Waals surface area contributed by atoms with Crippen molar-refractivity contribution in [1.29, 1.82) is 0 Å². The number of carbonyl (C=O) groups excluding carboxylic acids is 1. The molecule has 208 valence electrons. The number of methoxy groups -OCH3 is 1. The number of aromatic amines is 1. The van der Waals surface area contributed by atoms with E-state index in [1.54, 1.807) is 7.11 Å². The number of rotatable bonds is 9. The van der Waals surface area contributed by atoms with Gasteiger partial charge >= 0.3 is 0 Å². The molecule has 4 aromatic rings. The van der Waals surface area contributed by atoms with E-state index in [2.05, 4.69) is 26.4 Å². The van der Waals surface area contributed by atoms with Crippen molar-refractivity contribution in [2.75, 3.05) is 13.7 Å². The molecule has 1 amide bonds. The fourth-order valence-electron chi connectivity index (χ4n) is 6.14. The molecule has 2 aromatic heterocycles. The molecule has 40 heavy (non-hydrogen) atoms. The van der Waals surface area contributed by atoms with Crippen LogP contribution < -0.4 is 15.6 Å². The molecule has 0 unspecified atom stereocenters. The van der Waals surface area contributed by atoms with Gasteiger partial charge in [0.05, 0.1) is 19.4 Å². The molecule has 0 atom stereocenters. The van der Waals surface area contributed by atoms with Crippen molar-refractivity contribution in [1.82, 2.24) is 24.9 Å². The van der Waals surface area contributed by atoms with Crippen LogP contribution in [0.1, 0.15) is 62.6 Å². The molecule has 2 N–H and O–H groups in total. The second-order valence-electron chi connectivity index (χ2n) is 11.0. The summed E-state index contributed by atoms with van der Waals surface area (Å²) in [4.78, 5) is 35.7. The maximum Gasteiger partial charge on any atom is 0.274 e. The first kappa shape index (κ1) is 26.3. The number of benzene rings is 2. The number of aromatic nitrogens is 4. The molecule has 2 saturated carbocycles. The average Bonchev–Trinajstić information content (AvgIpc) is 3.42. The Hall–Kier alpha value is -3.98. The van der Waals surface area contributed by atoms with E-state index in [4.69, 9.17) is 9.47 Å². The number of ether oxygens (including phenoxy) is 2. The predicted octanol–water partition coefficient (Wildman–Crippen LogP) is 4.55. The van der Waals surface area contributed by atoms with Crippen molar-refractivity contribution in [2.45, 2.75) is 69.0 Å². The second-order valence-corrected chi connectivity index (χ2v) is 11.0. The van der Waals surface area contributed by atoms with E-state index in [1.165, 1.54) is 10.6 Å². The van der Waals surface area contributed by atoms with Crippen molar-refractivity contribution >= 4 is 11.7 Å². The number of carbonyl (C=O) groups is 1. The van der Waals surface area contributed by atoms with Crippen LogP contribution in [0.4, 0.5) is 0 Å². The smallest absolute Gasteiger partial charge is 0.274 e. The molecule has 2 aliphatic carbocycles. The van der Waals surface area contributed by atoms with Gasteiger partial charge in [-0.05, 0) is 31.7 Å². The average molecular weight is 542 g/mol. The molecular formula is C31H35N5O4. The summed E-state index contributed by atoms with van der Waals surface area (Å²) in [5, 5.41) is 6.28. The highest BCUT2D eigenvalue weighted by atomic mass is 16.5. The predicted molar refractivity (Wildman–Crippen MR) is 151 cm³/mol. The summed E-state index contributed by atoms with van der Waals surface area (Å²) in [6, 6.07) is 19.1. The SMILES string of the molecule is COc1ccccc1C1(CNC(=O)C2(OCc3cc(=O)n4[nH]c(-c5ccccc5)nc4n3)CCCCC2)CCC1. The molecule has 2 heterocycles. The van der Waals surface area contributed by atoms with Crippen LogP contribution >= 0.6 is 0 Å². The summed E-state index contributed by atoms with van der Waals surface area (Å²) in [6.45, 7) is 0.600. The van der Waals surface area contributed by atoms with E-state index in [0.717, 1.165) is 55.4 Å². The molecule has 2 fully saturated rings. The number of fused-ring (bicyclic) bond motifs is 1. The van der Waals surface area contributed by atoms with E-state index in [9.17, 15) is 9.59 Å². The van der Waals surface area contributed by atoms with Gasteiger partial charge in [0.15, 0.2) is 5.82 Å². The highest BCUT2D eigenvalue weighted by molar-refractivity contribution is 5.85. The first-order valence-corrected chi connectivity index (χ1v) is 14.1. The van der Waals surface area contributed by atoms with Crippen molar-refractivity contribution in [2.24, 2.45) is 0 Å². The van der Waals surface area contributed by atoms with Gasteiger partial charge < -0.3 is 14.8 Å². The number of para-hydroxylation sites is 1. The van der Waals surface area contributed by atoms with Gasteiger partial charge in [-0.15, -0.1) is 0 Å². The Kier molecular flexibility index (Phi) is 7.14. The fourth-order valence-corrected chi connectivity index (χ4v) is 6.14. The Morgan fingerprint density at radius 3 is 2.45 bits per heavy atom. The summed E-state index contributed by atoms with van der Waals surface area (Å²) < 4.78 is 13.4. The van der Waals surface area contributed by atoms with E-state index in [0.29, 0.717) is 30.9 Å². The van der Waals surface area contributed by atoms with E-state index < -0.39 is 5.60 Å². The van der Waals surface area contributed by atoms with Gasteiger partial charge in [0.1, 0.15) is 11.4 Å². The van der Waals surface area contributed by atoms with Crippen LogP contribution in [-0.4, -0.2) is 44.7 Å². The lowest BCUT2D eigenvalue weighted by Gasteiger charge is -2.44. The van der Waals surface area contributed by atoms with Crippen molar-refractivity contribution in [3.8, 4) is 17.1 Å². The zero-order chi connectivity index (χ0) is 27.6. The minimum Gasteiger partial charge on any atom is -0.496 e. The Balaban J connectivity index is 1.19. The zero-order valence-electron chi connectivity index (χ0n) is 22.8. The Morgan fingerprint density at radius 1 is 0.975 bits per heavy atom. The van der Waals surface area contributed by atoms with E-state index in [-0.39, 0.29) is 29.3 Å². The lowest BCUT2D eigenvalue weighted by molar-refractivity contribution is -0.155. The molecule has 9 heteroatoms. The first-order chi connectivity index (χ1) is 19.5. The summed E-state index contributed by atoms with van der Waals surface area (Å²) in [5.74, 6) is 1.61. The van der Waals surface area contributed by atoms with Gasteiger partial charge in [0.25, 0.3) is 17.2 Å². The Bertz CT molecular complexity index is 1550. The molecule has 0 aliphatic heterocycles. The molecule has 9 nitrogen and oxygen atoms in total. The summed E-state index contributed by atoms with van der Waals surface area (Å²) in [5.41, 5.74) is 1.12. The molecular weight excluding hydrogens is 506 g/mol. The molecule has 2 aliphatic rings. The topological polar surface area (TPSA) is 111 Å². The highest BCUT2D eigenvalue weighted by Crippen LogP contribution is 2.47. The third-order valence-corrected chi connectivity index (χ3v) is 8.58. The summed E-state index contributed by atoms with van der Waals surface area (Å²) in [6.07, 6.45) is 7.32. The van der Waals surface area contributed by atoms with Gasteiger partial charge in [0.2, 0.25) is 0 Å². The van der Waals surface area contributed by atoms with Gasteiger partial charge in [-0.2, -0.15) is 9.50 Å². The number of amides is 1. The monoisotopic (exact) mass is 541 g/mol. The van der Waals surface area contributed by atoms with Crippen LogP contribution in [0.25, 0.3) is 17.2 Å². The zero-order valence-corrected chi connectivity index (χ0v) is 22.8. The van der Waals surface area contributed by atoms with Crippen LogP contribution in [0.5, 0.6) is 5.75 Å². The Labute approximate surface area is 232 Å². The van der Waals surface area contributed by atoms with Crippen molar-refractivity contribution in [3.63, 3.8) is 0 Å². The normalized spacial score (nSPS) is 17.7. The minimum absolute atomic E-state index is 0.0599. The van der Waals surface area contributed by atoms with Gasteiger partial charge in [-0.1, -0.05) is 74.2 Å². The molecule has 6 rings (SSSR count). The van der Waals surface area contributed by atoms with Crippen LogP contribution in [0.3, 0.4) is 0 Å². The lowest BCUT2D eigenvalue weighted by Crippen LogP contribution is -2.54. The maximum atomic E-state index is 13.8. The van der Waals surface area contributed by atoms with E-state index >= 15 is 0 Å². The molecule has 2 aromatic carbocycles. The van der Waals surface area contributed by atoms with E-state index in [1.807, 2.05) is 48.5 Å². The van der Waals surface area contributed by atoms with Crippen LogP contribution in [0.15, 0.2) is 65.5 Å². The summed E-state index contributed by atoms with van der Waals surface area (Å²) in [7, 11) is 1.69. The lowest BCUT2D eigenvalue weighted by atomic mass is 9.64. The van der Waals surface area contributed by atoms with Crippen LogP contribution in [0, 0.1) is 0 Å². The van der Waals surface area contributed by atoms with Crippen molar-refractivity contribution in [3.05, 3.63) is 82.3 Å². The first-order valence-electron chi connectivity index (χ1n) is 14.1. The number of H-pyrrole nitrogens is 1. The number of nitrogens with one attached hydrogen (secondary N) is 2. The third kappa shape index (κ3) is 4.90. The van der Waals surface area contributed by atoms with Crippen LogP contribution in [0.2, 0.25) is 0 Å². The second kappa shape index (κ2) is 10.9. The summed E-state index contributed by atoms with van der Waals surface area (Å²) >= 11 is 0. The maximum absolute atomic E-state index is 13.8. The fraction of sp³-hybridized carbons (Fsp3) is 0.419. The van der Waals surface area contributed by atoms with Gasteiger partial charge in [-0.25, -0.2) is 4.98 Å². The molecule has 0 bridgehead atoms. The largest absolute Gasteiger partial charge is 0.496 e. The molecule has 0 saturated heterocycles. The Morgan fingerprint density at radius 2 is 1.73 bits per heavy atom. The quantitative estimate of drug-likeness (QED) is 0.322.